The summed E-state index contributed by atoms with van der Waals surface area (Å²) in [5.41, 5.74) is 7.31. The zero-order valence-electron chi connectivity index (χ0n) is 12.0. The number of nitrogens with two attached hydrogens (primary N) is 1. The van der Waals surface area contributed by atoms with Crippen molar-refractivity contribution >= 4 is 5.69 Å². The third kappa shape index (κ3) is 2.48. The topological polar surface area (TPSA) is 29.3 Å². The molecule has 2 nitrogen and oxygen atoms in total. The summed E-state index contributed by atoms with van der Waals surface area (Å²) < 4.78 is 13.1. The van der Waals surface area contributed by atoms with Crippen LogP contribution in [-0.2, 0) is 0 Å². The molecule has 1 aromatic carbocycles. The number of halogens is 1. The summed E-state index contributed by atoms with van der Waals surface area (Å²) in [6.45, 7) is 6.00. The van der Waals surface area contributed by atoms with Gasteiger partial charge in [-0.2, -0.15) is 0 Å². The Labute approximate surface area is 115 Å². The van der Waals surface area contributed by atoms with Gasteiger partial charge in [0.05, 0.1) is 5.54 Å². The number of hydrogen-bond acceptors (Lipinski definition) is 2. The van der Waals surface area contributed by atoms with Crippen LogP contribution in [0.1, 0.15) is 39.5 Å². The molecule has 3 heteroatoms. The lowest BCUT2D eigenvalue weighted by atomic mass is 9.83. The molecular weight excluding hydrogens is 239 g/mol. The molecule has 0 bridgehead atoms. The van der Waals surface area contributed by atoms with E-state index >= 15 is 0 Å². The molecule has 2 N–H and O–H groups in total. The molecule has 106 valence electrons. The molecular formula is C16H25FN2. The largest absolute Gasteiger partial charge is 0.365 e. The molecule has 1 aliphatic rings. The van der Waals surface area contributed by atoms with Gasteiger partial charge >= 0.3 is 0 Å². The maximum absolute atomic E-state index is 13.1. The third-order valence-electron chi connectivity index (χ3n) is 4.76. The SMILES string of the molecule is CCC1CCCC1(CN)N(CC)c1ccc(F)cc1. The summed E-state index contributed by atoms with van der Waals surface area (Å²) in [5, 5.41) is 0. The van der Waals surface area contributed by atoms with Crippen LogP contribution in [0.4, 0.5) is 10.1 Å². The molecule has 1 aromatic rings. The lowest BCUT2D eigenvalue weighted by Crippen LogP contribution is -2.56. The minimum Gasteiger partial charge on any atom is -0.365 e. The molecule has 0 amide bonds. The predicted octanol–water partition coefficient (Wildman–Crippen LogP) is 3.56. The standard InChI is InChI=1S/C16H25FN2/c1-3-13-6-5-11-16(13,12-18)19(4-2)15-9-7-14(17)8-10-15/h7-10,13H,3-6,11-12,18H2,1-2H3. The molecule has 2 atom stereocenters. The Balaban J connectivity index is 2.35. The van der Waals surface area contributed by atoms with Crippen LogP contribution in [0.2, 0.25) is 0 Å². The molecule has 0 aliphatic heterocycles. The van der Waals surface area contributed by atoms with E-state index in [0.29, 0.717) is 12.5 Å². The van der Waals surface area contributed by atoms with E-state index in [4.69, 9.17) is 5.73 Å². The minimum absolute atomic E-state index is 0.0569. The first-order valence-electron chi connectivity index (χ1n) is 7.41. The van der Waals surface area contributed by atoms with Crippen LogP contribution in [0.3, 0.4) is 0 Å². The van der Waals surface area contributed by atoms with E-state index in [9.17, 15) is 4.39 Å². The first-order valence-corrected chi connectivity index (χ1v) is 7.41. The Morgan fingerprint density at radius 1 is 1.32 bits per heavy atom. The Bertz CT molecular complexity index is 404. The molecule has 0 saturated heterocycles. The van der Waals surface area contributed by atoms with Gasteiger partial charge in [0.1, 0.15) is 5.82 Å². The van der Waals surface area contributed by atoms with Crippen molar-refractivity contribution in [2.45, 2.75) is 45.1 Å². The van der Waals surface area contributed by atoms with Crippen LogP contribution in [-0.4, -0.2) is 18.6 Å². The highest BCUT2D eigenvalue weighted by Gasteiger charge is 2.44. The smallest absolute Gasteiger partial charge is 0.123 e. The first kappa shape index (κ1) is 14.3. The molecule has 0 heterocycles. The van der Waals surface area contributed by atoms with Crippen molar-refractivity contribution in [2.24, 2.45) is 11.7 Å². The number of hydrogen-bond donors (Lipinski definition) is 1. The van der Waals surface area contributed by atoms with Gasteiger partial charge in [-0.15, -0.1) is 0 Å². The third-order valence-corrected chi connectivity index (χ3v) is 4.76. The summed E-state index contributed by atoms with van der Waals surface area (Å²) in [5.74, 6) is 0.461. The van der Waals surface area contributed by atoms with Crippen LogP contribution in [0.15, 0.2) is 24.3 Å². The zero-order chi connectivity index (χ0) is 13.9. The average molecular weight is 264 g/mol. The molecule has 0 spiro atoms. The second-order valence-corrected chi connectivity index (χ2v) is 5.53. The van der Waals surface area contributed by atoms with Crippen molar-refractivity contribution in [1.82, 2.24) is 0 Å². The highest BCUT2D eigenvalue weighted by molar-refractivity contribution is 5.50. The average Bonchev–Trinajstić information content (AvgIpc) is 2.86. The van der Waals surface area contributed by atoms with Gasteiger partial charge < -0.3 is 10.6 Å². The van der Waals surface area contributed by atoms with Crippen molar-refractivity contribution in [3.05, 3.63) is 30.1 Å². The van der Waals surface area contributed by atoms with Crippen molar-refractivity contribution in [1.29, 1.82) is 0 Å². The quantitative estimate of drug-likeness (QED) is 0.881. The Hall–Kier alpha value is -1.09. The monoisotopic (exact) mass is 264 g/mol. The van der Waals surface area contributed by atoms with Crippen LogP contribution >= 0.6 is 0 Å². The predicted molar refractivity (Wildman–Crippen MR) is 78.8 cm³/mol. The van der Waals surface area contributed by atoms with Crippen LogP contribution in [0, 0.1) is 11.7 Å². The summed E-state index contributed by atoms with van der Waals surface area (Å²) in [4.78, 5) is 2.40. The van der Waals surface area contributed by atoms with E-state index in [0.717, 1.165) is 25.1 Å². The van der Waals surface area contributed by atoms with Gasteiger partial charge in [-0.3, -0.25) is 0 Å². The molecule has 0 radical (unpaired) electrons. The van der Waals surface area contributed by atoms with Gasteiger partial charge in [-0.1, -0.05) is 19.8 Å². The van der Waals surface area contributed by atoms with Crippen LogP contribution in [0.25, 0.3) is 0 Å². The number of likely N-dealkylation sites (N-methyl/N-ethyl adjacent to an activating group) is 1. The Morgan fingerprint density at radius 3 is 2.53 bits per heavy atom. The van der Waals surface area contributed by atoms with Gasteiger partial charge in [-0.05, 0) is 49.9 Å². The Morgan fingerprint density at radius 2 is 2.00 bits per heavy atom. The normalized spacial score (nSPS) is 26.6. The van der Waals surface area contributed by atoms with Crippen molar-refractivity contribution in [3.63, 3.8) is 0 Å². The van der Waals surface area contributed by atoms with Crippen molar-refractivity contribution in [3.8, 4) is 0 Å². The van der Waals surface area contributed by atoms with Gasteiger partial charge in [0.2, 0.25) is 0 Å². The second kappa shape index (κ2) is 5.91. The lowest BCUT2D eigenvalue weighted by molar-refractivity contribution is 0.293. The van der Waals surface area contributed by atoms with E-state index in [1.54, 1.807) is 0 Å². The first-order chi connectivity index (χ1) is 9.17. The number of benzene rings is 1. The molecule has 1 saturated carbocycles. The highest BCUT2D eigenvalue weighted by atomic mass is 19.1. The molecule has 2 unspecified atom stereocenters. The Kier molecular flexibility index (Phi) is 4.46. The van der Waals surface area contributed by atoms with Gasteiger partial charge in [-0.25, -0.2) is 4.39 Å². The molecule has 0 aromatic heterocycles. The van der Waals surface area contributed by atoms with E-state index in [2.05, 4.69) is 18.7 Å². The van der Waals surface area contributed by atoms with Crippen molar-refractivity contribution in [2.75, 3.05) is 18.0 Å². The van der Waals surface area contributed by atoms with E-state index in [1.165, 1.54) is 25.0 Å². The van der Waals surface area contributed by atoms with Crippen LogP contribution in [0.5, 0.6) is 0 Å². The second-order valence-electron chi connectivity index (χ2n) is 5.53. The molecule has 19 heavy (non-hydrogen) atoms. The summed E-state index contributed by atoms with van der Waals surface area (Å²) >= 11 is 0. The van der Waals surface area contributed by atoms with Gasteiger partial charge in [0.15, 0.2) is 0 Å². The minimum atomic E-state index is -0.180. The summed E-state index contributed by atoms with van der Waals surface area (Å²) in [7, 11) is 0. The molecule has 1 fully saturated rings. The van der Waals surface area contributed by atoms with E-state index in [1.807, 2.05) is 12.1 Å². The van der Waals surface area contributed by atoms with Gasteiger partial charge in [0.25, 0.3) is 0 Å². The number of rotatable bonds is 5. The fourth-order valence-corrected chi connectivity index (χ4v) is 3.82. The summed E-state index contributed by atoms with van der Waals surface area (Å²) in [6.07, 6.45) is 4.81. The maximum Gasteiger partial charge on any atom is 0.123 e. The zero-order valence-corrected chi connectivity index (χ0v) is 12.0. The fraction of sp³-hybridized carbons (Fsp3) is 0.625. The lowest BCUT2D eigenvalue weighted by Gasteiger charge is -2.46. The number of anilines is 1. The molecule has 1 aliphatic carbocycles. The van der Waals surface area contributed by atoms with E-state index in [-0.39, 0.29) is 11.4 Å². The van der Waals surface area contributed by atoms with E-state index < -0.39 is 0 Å². The molecule has 2 rings (SSSR count). The maximum atomic E-state index is 13.1. The fourth-order valence-electron chi connectivity index (χ4n) is 3.82. The van der Waals surface area contributed by atoms with Crippen LogP contribution < -0.4 is 10.6 Å². The summed E-state index contributed by atoms with van der Waals surface area (Å²) in [6, 6.07) is 6.83. The van der Waals surface area contributed by atoms with Gasteiger partial charge in [0, 0.05) is 18.8 Å². The van der Waals surface area contributed by atoms with Crippen molar-refractivity contribution < 1.29 is 4.39 Å². The number of nitrogens with zero attached hydrogens (tertiary/aromatic N) is 1. The highest BCUT2D eigenvalue weighted by Crippen LogP contribution is 2.43.